The van der Waals surface area contributed by atoms with Crippen molar-refractivity contribution in [3.63, 3.8) is 0 Å². The SMILES string of the molecule is COc1ccc(Br)cc1NC(=O)C1CC(=O)N(c2cccc(C)c2C)C1. The van der Waals surface area contributed by atoms with Crippen molar-refractivity contribution in [1.82, 2.24) is 0 Å². The van der Waals surface area contributed by atoms with Crippen molar-refractivity contribution < 1.29 is 14.3 Å². The molecule has 2 aromatic rings. The second-order valence-corrected chi connectivity index (χ2v) is 7.37. The van der Waals surface area contributed by atoms with E-state index in [0.29, 0.717) is 18.0 Å². The average Bonchev–Trinajstić information content (AvgIpc) is 2.99. The van der Waals surface area contributed by atoms with Crippen molar-refractivity contribution in [2.75, 3.05) is 23.9 Å². The molecular weight excluding hydrogens is 396 g/mol. The molecule has 0 aromatic heterocycles. The summed E-state index contributed by atoms with van der Waals surface area (Å²) in [7, 11) is 1.56. The smallest absolute Gasteiger partial charge is 0.229 e. The first-order valence-corrected chi connectivity index (χ1v) is 9.21. The molecule has 0 aliphatic carbocycles. The van der Waals surface area contributed by atoms with Crippen LogP contribution in [0.2, 0.25) is 0 Å². The summed E-state index contributed by atoms with van der Waals surface area (Å²) in [6.45, 7) is 4.39. The Bertz CT molecular complexity index is 866. The zero-order valence-electron chi connectivity index (χ0n) is 15.0. The van der Waals surface area contributed by atoms with Crippen molar-refractivity contribution in [3.05, 3.63) is 52.0 Å². The van der Waals surface area contributed by atoms with E-state index in [0.717, 1.165) is 21.3 Å². The van der Waals surface area contributed by atoms with Crippen LogP contribution in [0, 0.1) is 19.8 Å². The number of hydrogen-bond donors (Lipinski definition) is 1. The first-order chi connectivity index (χ1) is 12.4. The van der Waals surface area contributed by atoms with Crippen LogP contribution in [0.25, 0.3) is 0 Å². The van der Waals surface area contributed by atoms with E-state index in [1.807, 2.05) is 38.1 Å². The Kier molecular flexibility index (Phi) is 5.32. The van der Waals surface area contributed by atoms with E-state index in [2.05, 4.69) is 21.2 Å². The first kappa shape index (κ1) is 18.5. The molecule has 1 fully saturated rings. The van der Waals surface area contributed by atoms with Gasteiger partial charge >= 0.3 is 0 Å². The predicted octanol–water partition coefficient (Wildman–Crippen LogP) is 4.07. The van der Waals surface area contributed by atoms with Crippen molar-refractivity contribution >= 4 is 39.1 Å². The average molecular weight is 417 g/mol. The van der Waals surface area contributed by atoms with Crippen LogP contribution in [0.15, 0.2) is 40.9 Å². The van der Waals surface area contributed by atoms with Gasteiger partial charge in [0.2, 0.25) is 11.8 Å². The van der Waals surface area contributed by atoms with Gasteiger partial charge in [-0.15, -0.1) is 0 Å². The van der Waals surface area contributed by atoms with Gasteiger partial charge in [0, 0.05) is 23.1 Å². The van der Waals surface area contributed by atoms with Crippen molar-refractivity contribution in [2.24, 2.45) is 5.92 Å². The third-order valence-electron chi connectivity index (χ3n) is 4.78. The number of carbonyl (C=O) groups excluding carboxylic acids is 2. The Labute approximate surface area is 161 Å². The maximum absolute atomic E-state index is 12.7. The maximum Gasteiger partial charge on any atom is 0.229 e. The lowest BCUT2D eigenvalue weighted by atomic mass is 10.1. The number of methoxy groups -OCH3 is 1. The largest absolute Gasteiger partial charge is 0.495 e. The van der Waals surface area contributed by atoms with Gasteiger partial charge in [-0.3, -0.25) is 9.59 Å². The van der Waals surface area contributed by atoms with Crippen molar-refractivity contribution in [3.8, 4) is 5.75 Å². The number of aryl methyl sites for hydroxylation is 1. The van der Waals surface area contributed by atoms with Crippen LogP contribution in [0.4, 0.5) is 11.4 Å². The number of ether oxygens (including phenoxy) is 1. The van der Waals surface area contributed by atoms with Crippen LogP contribution >= 0.6 is 15.9 Å². The molecule has 1 heterocycles. The molecule has 1 atom stereocenters. The molecule has 3 rings (SSSR count). The number of nitrogens with one attached hydrogen (secondary N) is 1. The van der Waals surface area contributed by atoms with Crippen LogP contribution in [-0.4, -0.2) is 25.5 Å². The highest BCUT2D eigenvalue weighted by Gasteiger charge is 2.36. The van der Waals surface area contributed by atoms with Gasteiger partial charge in [0.1, 0.15) is 5.75 Å². The molecule has 0 saturated carbocycles. The number of nitrogens with zero attached hydrogens (tertiary/aromatic N) is 1. The normalized spacial score (nSPS) is 16.7. The summed E-state index contributed by atoms with van der Waals surface area (Å²) in [5.74, 6) is -0.0222. The number of amides is 2. The Hall–Kier alpha value is -2.34. The molecular formula is C20H21BrN2O3. The minimum absolute atomic E-state index is 0.0277. The molecule has 136 valence electrons. The molecule has 0 radical (unpaired) electrons. The fraction of sp³-hybridized carbons (Fsp3) is 0.300. The highest BCUT2D eigenvalue weighted by atomic mass is 79.9. The van der Waals surface area contributed by atoms with Crippen LogP contribution in [0.1, 0.15) is 17.5 Å². The summed E-state index contributed by atoms with van der Waals surface area (Å²) in [5.41, 5.74) is 3.66. The number of hydrogen-bond acceptors (Lipinski definition) is 3. The van der Waals surface area contributed by atoms with E-state index in [-0.39, 0.29) is 18.2 Å². The summed E-state index contributed by atoms with van der Waals surface area (Å²) in [6, 6.07) is 11.3. The highest BCUT2D eigenvalue weighted by Crippen LogP contribution is 2.32. The molecule has 5 nitrogen and oxygen atoms in total. The summed E-state index contributed by atoms with van der Waals surface area (Å²) < 4.78 is 6.13. The van der Waals surface area contributed by atoms with Gasteiger partial charge in [-0.05, 0) is 49.2 Å². The summed E-state index contributed by atoms with van der Waals surface area (Å²) in [4.78, 5) is 26.9. The summed E-state index contributed by atoms with van der Waals surface area (Å²) >= 11 is 3.39. The summed E-state index contributed by atoms with van der Waals surface area (Å²) in [6.07, 6.45) is 0.204. The standard InChI is InChI=1S/C20H21BrN2O3/c1-12-5-4-6-17(13(12)2)23-11-14(9-19(23)24)20(25)22-16-10-15(21)7-8-18(16)26-3/h4-8,10,14H,9,11H2,1-3H3,(H,22,25). The maximum atomic E-state index is 12.7. The van der Waals surface area contributed by atoms with E-state index in [9.17, 15) is 9.59 Å². The zero-order chi connectivity index (χ0) is 18.8. The van der Waals surface area contributed by atoms with Gasteiger partial charge in [-0.1, -0.05) is 28.1 Å². The van der Waals surface area contributed by atoms with E-state index >= 15 is 0 Å². The fourth-order valence-corrected chi connectivity index (χ4v) is 3.52. The predicted molar refractivity (Wildman–Crippen MR) is 106 cm³/mol. The minimum atomic E-state index is -0.397. The quantitative estimate of drug-likeness (QED) is 0.816. The molecule has 26 heavy (non-hydrogen) atoms. The highest BCUT2D eigenvalue weighted by molar-refractivity contribution is 9.10. The van der Waals surface area contributed by atoms with Gasteiger partial charge in [-0.25, -0.2) is 0 Å². The van der Waals surface area contributed by atoms with Gasteiger partial charge in [0.05, 0.1) is 18.7 Å². The Morgan fingerprint density at radius 2 is 2.04 bits per heavy atom. The number of anilines is 2. The van der Waals surface area contributed by atoms with Crippen molar-refractivity contribution in [2.45, 2.75) is 20.3 Å². The third kappa shape index (κ3) is 3.60. The van der Waals surface area contributed by atoms with E-state index in [1.165, 1.54) is 0 Å². The van der Waals surface area contributed by atoms with E-state index < -0.39 is 5.92 Å². The minimum Gasteiger partial charge on any atom is -0.495 e. The molecule has 1 saturated heterocycles. The molecule has 1 aliphatic rings. The second kappa shape index (κ2) is 7.50. The third-order valence-corrected chi connectivity index (χ3v) is 5.28. The lowest BCUT2D eigenvalue weighted by Crippen LogP contribution is -2.28. The van der Waals surface area contributed by atoms with Crippen molar-refractivity contribution in [1.29, 1.82) is 0 Å². The molecule has 0 spiro atoms. The second-order valence-electron chi connectivity index (χ2n) is 6.46. The molecule has 6 heteroatoms. The van der Waals surface area contributed by atoms with E-state index in [1.54, 1.807) is 24.1 Å². The van der Waals surface area contributed by atoms with E-state index in [4.69, 9.17) is 4.74 Å². The number of benzene rings is 2. The monoisotopic (exact) mass is 416 g/mol. The first-order valence-electron chi connectivity index (χ1n) is 8.41. The zero-order valence-corrected chi connectivity index (χ0v) is 16.6. The molecule has 1 unspecified atom stereocenters. The van der Waals surface area contributed by atoms with Gasteiger partial charge in [0.15, 0.2) is 0 Å². The molecule has 1 aliphatic heterocycles. The number of carbonyl (C=O) groups is 2. The van der Waals surface area contributed by atoms with Gasteiger partial charge in [0.25, 0.3) is 0 Å². The van der Waals surface area contributed by atoms with Gasteiger partial charge < -0.3 is 15.0 Å². The van der Waals surface area contributed by atoms with Crippen LogP contribution in [-0.2, 0) is 9.59 Å². The molecule has 2 aromatic carbocycles. The molecule has 0 bridgehead atoms. The Morgan fingerprint density at radius 3 is 2.77 bits per heavy atom. The molecule has 1 N–H and O–H groups in total. The fourth-order valence-electron chi connectivity index (χ4n) is 3.16. The van der Waals surface area contributed by atoms with Crippen LogP contribution < -0.4 is 15.0 Å². The Balaban J connectivity index is 1.77. The molecule has 2 amide bonds. The Morgan fingerprint density at radius 1 is 1.27 bits per heavy atom. The van der Waals surface area contributed by atoms with Gasteiger partial charge in [-0.2, -0.15) is 0 Å². The topological polar surface area (TPSA) is 58.6 Å². The lowest BCUT2D eigenvalue weighted by molar-refractivity contribution is -0.122. The van der Waals surface area contributed by atoms with Crippen LogP contribution in [0.5, 0.6) is 5.75 Å². The number of rotatable bonds is 4. The van der Waals surface area contributed by atoms with Crippen LogP contribution in [0.3, 0.4) is 0 Å². The number of halogens is 1. The lowest BCUT2D eigenvalue weighted by Gasteiger charge is -2.20. The summed E-state index contributed by atoms with van der Waals surface area (Å²) in [5, 5.41) is 2.89.